The number of hydrogen-bond donors (Lipinski definition) is 0. The Morgan fingerprint density at radius 2 is 1.86 bits per heavy atom. The second-order valence-corrected chi connectivity index (χ2v) is 7.04. The maximum atomic E-state index is 4.84. The van der Waals surface area contributed by atoms with E-state index < -0.39 is 0 Å². The summed E-state index contributed by atoms with van der Waals surface area (Å²) in [6.07, 6.45) is 6.76. The molecule has 0 N–H and O–H groups in total. The molecular weight excluding hydrogens is 350 g/mol. The van der Waals surface area contributed by atoms with E-state index in [0.29, 0.717) is 6.54 Å². The van der Waals surface area contributed by atoms with Gasteiger partial charge in [0.2, 0.25) is 0 Å². The molecule has 1 aromatic carbocycles. The van der Waals surface area contributed by atoms with Crippen molar-refractivity contribution in [3.63, 3.8) is 0 Å². The second kappa shape index (κ2) is 5.95. The van der Waals surface area contributed by atoms with Gasteiger partial charge >= 0.3 is 0 Å². The van der Waals surface area contributed by atoms with Gasteiger partial charge in [-0.05, 0) is 43.5 Å². The third kappa shape index (κ3) is 2.32. The van der Waals surface area contributed by atoms with Crippen molar-refractivity contribution < 1.29 is 0 Å². The highest BCUT2D eigenvalue weighted by molar-refractivity contribution is 5.80. The molecule has 136 valence electrons. The minimum atomic E-state index is 0.531. The first-order valence-electron chi connectivity index (χ1n) is 9.45. The van der Waals surface area contributed by atoms with Crippen LogP contribution in [-0.2, 0) is 19.4 Å². The van der Waals surface area contributed by atoms with E-state index in [1.807, 2.05) is 36.4 Å². The maximum absolute atomic E-state index is 4.84. The Hall–Kier alpha value is -3.61. The first kappa shape index (κ1) is 15.4. The molecule has 0 radical (unpaired) electrons. The SMILES string of the molecule is c1ccc(-c2nc3ccccc3n2Cc2nc3c4c(ncn3n2)CCC4)nc1. The number of imidazole rings is 1. The number of para-hydroxylation sites is 2. The van der Waals surface area contributed by atoms with E-state index in [2.05, 4.69) is 25.7 Å². The lowest BCUT2D eigenvalue weighted by Crippen LogP contribution is -2.05. The van der Waals surface area contributed by atoms with Crippen LogP contribution in [0.15, 0.2) is 55.0 Å². The van der Waals surface area contributed by atoms with Crippen molar-refractivity contribution >= 4 is 16.7 Å². The number of aryl methyl sites for hydroxylation is 2. The zero-order chi connectivity index (χ0) is 18.5. The van der Waals surface area contributed by atoms with Crippen LogP contribution >= 0.6 is 0 Å². The van der Waals surface area contributed by atoms with Gasteiger partial charge in [0.1, 0.15) is 12.0 Å². The maximum Gasteiger partial charge on any atom is 0.171 e. The Morgan fingerprint density at radius 1 is 0.929 bits per heavy atom. The summed E-state index contributed by atoms with van der Waals surface area (Å²) in [4.78, 5) is 18.7. The Balaban J connectivity index is 1.51. The van der Waals surface area contributed by atoms with Crippen molar-refractivity contribution in [1.29, 1.82) is 0 Å². The molecule has 0 atom stereocenters. The molecule has 0 bridgehead atoms. The van der Waals surface area contributed by atoms with Crippen molar-refractivity contribution in [3.8, 4) is 11.5 Å². The van der Waals surface area contributed by atoms with E-state index >= 15 is 0 Å². The third-order valence-corrected chi connectivity index (χ3v) is 5.30. The van der Waals surface area contributed by atoms with E-state index in [1.165, 1.54) is 5.56 Å². The lowest BCUT2D eigenvalue weighted by molar-refractivity contribution is 0.758. The molecule has 1 aliphatic carbocycles. The van der Waals surface area contributed by atoms with Gasteiger partial charge in [-0.25, -0.2) is 19.5 Å². The molecular formula is C21H17N7. The van der Waals surface area contributed by atoms with Gasteiger partial charge in [-0.15, -0.1) is 5.10 Å². The zero-order valence-electron chi connectivity index (χ0n) is 15.2. The topological polar surface area (TPSA) is 73.8 Å². The first-order chi connectivity index (χ1) is 13.9. The summed E-state index contributed by atoms with van der Waals surface area (Å²) in [6.45, 7) is 0.531. The second-order valence-electron chi connectivity index (χ2n) is 7.04. The van der Waals surface area contributed by atoms with Crippen molar-refractivity contribution in [2.45, 2.75) is 25.8 Å². The molecule has 1 aliphatic rings. The van der Waals surface area contributed by atoms with Gasteiger partial charge in [-0.3, -0.25) is 4.98 Å². The van der Waals surface area contributed by atoms with Gasteiger partial charge in [-0.2, -0.15) is 0 Å². The van der Waals surface area contributed by atoms with Gasteiger partial charge in [0.25, 0.3) is 0 Å². The van der Waals surface area contributed by atoms with Crippen LogP contribution in [0.3, 0.4) is 0 Å². The molecule has 7 nitrogen and oxygen atoms in total. The summed E-state index contributed by atoms with van der Waals surface area (Å²) in [7, 11) is 0. The molecule has 28 heavy (non-hydrogen) atoms. The van der Waals surface area contributed by atoms with Crippen molar-refractivity contribution in [1.82, 2.24) is 34.1 Å². The summed E-state index contributed by atoms with van der Waals surface area (Å²) >= 11 is 0. The van der Waals surface area contributed by atoms with Crippen LogP contribution in [0.5, 0.6) is 0 Å². The summed E-state index contributed by atoms with van der Waals surface area (Å²) in [6, 6.07) is 14.0. The molecule has 4 aromatic heterocycles. The smallest absolute Gasteiger partial charge is 0.171 e. The fraction of sp³-hybridized carbons (Fsp3) is 0.190. The number of aromatic nitrogens is 7. The molecule has 0 unspecified atom stereocenters. The monoisotopic (exact) mass is 367 g/mol. The van der Waals surface area contributed by atoms with Crippen LogP contribution in [0.4, 0.5) is 0 Å². The number of nitrogens with zero attached hydrogens (tertiary/aromatic N) is 7. The molecule has 4 heterocycles. The van der Waals surface area contributed by atoms with Crippen LogP contribution in [0.2, 0.25) is 0 Å². The van der Waals surface area contributed by atoms with E-state index in [0.717, 1.165) is 59.0 Å². The molecule has 0 spiro atoms. The number of pyridine rings is 1. The number of fused-ring (bicyclic) bond motifs is 4. The predicted molar refractivity (Wildman–Crippen MR) is 105 cm³/mol. The summed E-state index contributed by atoms with van der Waals surface area (Å²) in [5, 5.41) is 4.68. The quantitative estimate of drug-likeness (QED) is 0.490. The normalized spacial score (nSPS) is 13.4. The lowest BCUT2D eigenvalue weighted by atomic mass is 10.2. The Labute approximate surface area is 160 Å². The van der Waals surface area contributed by atoms with Crippen LogP contribution in [0, 0.1) is 0 Å². The average molecular weight is 367 g/mol. The highest BCUT2D eigenvalue weighted by Crippen LogP contribution is 2.26. The predicted octanol–water partition coefficient (Wildman–Crippen LogP) is 3.07. The zero-order valence-corrected chi connectivity index (χ0v) is 15.2. The Bertz CT molecular complexity index is 1320. The highest BCUT2D eigenvalue weighted by Gasteiger charge is 2.20. The number of benzene rings is 1. The first-order valence-corrected chi connectivity index (χ1v) is 9.45. The molecule has 0 aliphatic heterocycles. The summed E-state index contributed by atoms with van der Waals surface area (Å²) in [5.74, 6) is 1.58. The van der Waals surface area contributed by atoms with Crippen molar-refractivity contribution in [3.05, 3.63) is 72.1 Å². The third-order valence-electron chi connectivity index (χ3n) is 5.30. The van der Waals surface area contributed by atoms with Crippen molar-refractivity contribution in [2.75, 3.05) is 0 Å². The standard InChI is InChI=1S/C21H17N7/c1-2-10-18-16(7-1)24-21(17-8-3-4-11-22-17)27(18)12-19-25-20-14-6-5-9-15(14)23-13-28(20)26-19/h1-4,7-8,10-11,13H,5-6,9,12H2. The van der Waals surface area contributed by atoms with Gasteiger partial charge < -0.3 is 4.57 Å². The number of hydrogen-bond acceptors (Lipinski definition) is 5. The van der Waals surface area contributed by atoms with Crippen LogP contribution in [0.1, 0.15) is 23.5 Å². The van der Waals surface area contributed by atoms with Crippen molar-refractivity contribution in [2.24, 2.45) is 0 Å². The van der Waals surface area contributed by atoms with Crippen LogP contribution in [0.25, 0.3) is 28.2 Å². The van der Waals surface area contributed by atoms with E-state index in [1.54, 1.807) is 17.0 Å². The van der Waals surface area contributed by atoms with E-state index in [9.17, 15) is 0 Å². The minimum absolute atomic E-state index is 0.531. The van der Waals surface area contributed by atoms with E-state index in [-0.39, 0.29) is 0 Å². The molecule has 6 rings (SSSR count). The molecule has 5 aromatic rings. The lowest BCUT2D eigenvalue weighted by Gasteiger charge is -2.06. The van der Waals surface area contributed by atoms with Crippen LogP contribution in [-0.4, -0.2) is 34.1 Å². The Morgan fingerprint density at radius 3 is 2.79 bits per heavy atom. The average Bonchev–Trinajstić information content (AvgIpc) is 3.45. The fourth-order valence-corrected chi connectivity index (χ4v) is 4.02. The van der Waals surface area contributed by atoms with Gasteiger partial charge in [-0.1, -0.05) is 18.2 Å². The molecule has 0 saturated heterocycles. The summed E-state index contributed by atoms with van der Waals surface area (Å²) in [5.41, 5.74) is 6.15. The molecule has 7 heteroatoms. The van der Waals surface area contributed by atoms with Crippen LogP contribution < -0.4 is 0 Å². The van der Waals surface area contributed by atoms with Gasteiger partial charge in [0.05, 0.1) is 17.6 Å². The van der Waals surface area contributed by atoms with Gasteiger partial charge in [0.15, 0.2) is 17.3 Å². The molecule has 0 saturated carbocycles. The van der Waals surface area contributed by atoms with Gasteiger partial charge in [0, 0.05) is 17.5 Å². The Kier molecular flexibility index (Phi) is 3.28. The van der Waals surface area contributed by atoms with E-state index in [4.69, 9.17) is 9.97 Å². The summed E-state index contributed by atoms with van der Waals surface area (Å²) < 4.78 is 3.94. The fourth-order valence-electron chi connectivity index (χ4n) is 4.02. The molecule has 0 amide bonds. The largest absolute Gasteiger partial charge is 0.315 e. The minimum Gasteiger partial charge on any atom is -0.315 e. The molecule has 0 fully saturated rings. The highest BCUT2D eigenvalue weighted by atomic mass is 15.3. The number of rotatable bonds is 3.